The van der Waals surface area contributed by atoms with Gasteiger partial charge in [-0.1, -0.05) is 53.5 Å². The minimum absolute atomic E-state index is 0.124. The number of aryl methyl sites for hydroxylation is 1. The third-order valence-corrected chi connectivity index (χ3v) is 5.68. The Kier molecular flexibility index (Phi) is 6.49. The quantitative estimate of drug-likeness (QED) is 0.383. The van der Waals surface area contributed by atoms with Crippen molar-refractivity contribution in [2.45, 2.75) is 13.5 Å². The van der Waals surface area contributed by atoms with Crippen LogP contribution >= 0.6 is 23.2 Å². The molecule has 0 unspecified atom stereocenters. The Bertz CT molecular complexity index is 1290. The zero-order valence-corrected chi connectivity index (χ0v) is 19.0. The molecule has 0 radical (unpaired) electrons. The highest BCUT2D eigenvalue weighted by Gasteiger charge is 2.36. The van der Waals surface area contributed by atoms with Gasteiger partial charge in [-0.05, 0) is 60.5 Å². The molecule has 0 atom stereocenters. The van der Waals surface area contributed by atoms with E-state index in [-0.39, 0.29) is 12.2 Å². The Labute approximate surface area is 200 Å². The molecule has 0 saturated carbocycles. The molecule has 1 fully saturated rings. The highest BCUT2D eigenvalue weighted by atomic mass is 35.5. The lowest BCUT2D eigenvalue weighted by Gasteiger charge is -2.26. The largest absolute Gasteiger partial charge is 0.489 e. The van der Waals surface area contributed by atoms with Crippen molar-refractivity contribution in [2.24, 2.45) is 0 Å². The molecular weight excluding hydrogens is 463 g/mol. The Hall–Kier alpha value is -3.61. The summed E-state index contributed by atoms with van der Waals surface area (Å²) in [6.45, 7) is 2.09. The van der Waals surface area contributed by atoms with Crippen molar-refractivity contribution in [3.8, 4) is 5.75 Å². The Morgan fingerprint density at radius 3 is 2.39 bits per heavy atom. The highest BCUT2D eigenvalue weighted by Crippen LogP contribution is 2.26. The molecule has 1 aliphatic heterocycles. The number of carbonyl (C=O) groups excluding carboxylic acids is 3. The molecule has 8 heteroatoms. The maximum atomic E-state index is 13.0. The first kappa shape index (κ1) is 22.6. The maximum Gasteiger partial charge on any atom is 0.335 e. The van der Waals surface area contributed by atoms with E-state index < -0.39 is 17.8 Å². The van der Waals surface area contributed by atoms with Crippen LogP contribution in [0.25, 0.3) is 6.08 Å². The standard InChI is InChI=1S/C25H18Cl2N2O4/c1-15-4-2-3-5-16(15)12-21-23(30)28-25(32)29(24(21)31)19-8-10-20(11-9-19)33-14-17-6-7-18(26)13-22(17)27/h2-13H,14H2,1H3,(H,28,30,32)/b21-12+. The SMILES string of the molecule is Cc1ccccc1/C=C1\C(=O)NC(=O)N(c2ccc(OCc3ccc(Cl)cc3Cl)cc2)C1=O. The molecule has 0 bridgehead atoms. The van der Waals surface area contributed by atoms with Crippen molar-refractivity contribution in [1.29, 1.82) is 0 Å². The second-order valence-electron chi connectivity index (χ2n) is 7.33. The summed E-state index contributed by atoms with van der Waals surface area (Å²) in [6.07, 6.45) is 1.49. The van der Waals surface area contributed by atoms with Gasteiger partial charge in [-0.2, -0.15) is 0 Å². The fraction of sp³-hybridized carbons (Fsp3) is 0.0800. The molecule has 0 aromatic heterocycles. The zero-order chi connectivity index (χ0) is 23.5. The number of nitrogens with one attached hydrogen (secondary N) is 1. The normalized spacial score (nSPS) is 15.1. The number of benzene rings is 3. The van der Waals surface area contributed by atoms with Crippen molar-refractivity contribution >= 4 is 52.8 Å². The Morgan fingerprint density at radius 2 is 1.70 bits per heavy atom. The summed E-state index contributed by atoms with van der Waals surface area (Å²) < 4.78 is 5.74. The summed E-state index contributed by atoms with van der Waals surface area (Å²) in [6, 6.07) is 18.0. The van der Waals surface area contributed by atoms with Crippen molar-refractivity contribution in [3.63, 3.8) is 0 Å². The third-order valence-electron chi connectivity index (χ3n) is 5.09. The van der Waals surface area contributed by atoms with E-state index in [1.54, 1.807) is 48.5 Å². The van der Waals surface area contributed by atoms with E-state index in [0.717, 1.165) is 21.6 Å². The minimum Gasteiger partial charge on any atom is -0.489 e. The topological polar surface area (TPSA) is 75.7 Å². The van der Waals surface area contributed by atoms with Gasteiger partial charge in [0.15, 0.2) is 0 Å². The molecule has 1 N–H and O–H groups in total. The van der Waals surface area contributed by atoms with Crippen LogP contribution in [0.15, 0.2) is 72.3 Å². The van der Waals surface area contributed by atoms with Crippen LogP contribution in [-0.4, -0.2) is 17.8 Å². The number of carbonyl (C=O) groups is 3. The van der Waals surface area contributed by atoms with E-state index in [0.29, 0.717) is 21.5 Å². The van der Waals surface area contributed by atoms with Crippen LogP contribution in [0.2, 0.25) is 10.0 Å². The molecule has 4 rings (SSSR count). The summed E-state index contributed by atoms with van der Waals surface area (Å²) in [5, 5.41) is 3.25. The van der Waals surface area contributed by atoms with Gasteiger partial charge >= 0.3 is 6.03 Å². The molecule has 4 amide bonds. The first-order valence-electron chi connectivity index (χ1n) is 9.97. The molecule has 0 aliphatic carbocycles. The Morgan fingerprint density at radius 1 is 0.970 bits per heavy atom. The second kappa shape index (κ2) is 9.48. The van der Waals surface area contributed by atoms with E-state index in [4.69, 9.17) is 27.9 Å². The van der Waals surface area contributed by atoms with Gasteiger partial charge in [-0.15, -0.1) is 0 Å². The van der Waals surface area contributed by atoms with Crippen molar-refractivity contribution in [2.75, 3.05) is 4.90 Å². The van der Waals surface area contributed by atoms with Gasteiger partial charge in [-0.25, -0.2) is 9.69 Å². The number of barbiturate groups is 1. The predicted octanol–water partition coefficient (Wildman–Crippen LogP) is 5.55. The number of halogens is 2. The maximum absolute atomic E-state index is 13.0. The second-order valence-corrected chi connectivity index (χ2v) is 8.18. The smallest absolute Gasteiger partial charge is 0.335 e. The molecule has 1 heterocycles. The number of anilines is 1. The molecule has 166 valence electrons. The van der Waals surface area contributed by atoms with Gasteiger partial charge in [0.05, 0.1) is 5.69 Å². The molecule has 1 aliphatic rings. The van der Waals surface area contributed by atoms with E-state index >= 15 is 0 Å². The van der Waals surface area contributed by atoms with Crippen LogP contribution < -0.4 is 15.0 Å². The fourth-order valence-corrected chi connectivity index (χ4v) is 3.75. The third kappa shape index (κ3) is 4.92. The number of amides is 4. The molecule has 3 aromatic rings. The van der Waals surface area contributed by atoms with Gasteiger partial charge in [-0.3, -0.25) is 14.9 Å². The predicted molar refractivity (Wildman–Crippen MR) is 127 cm³/mol. The molecule has 1 saturated heterocycles. The summed E-state index contributed by atoms with van der Waals surface area (Å²) in [5.41, 5.74) is 2.56. The fourth-order valence-electron chi connectivity index (χ4n) is 3.29. The van der Waals surface area contributed by atoms with E-state index in [9.17, 15) is 14.4 Å². The highest BCUT2D eigenvalue weighted by molar-refractivity contribution is 6.39. The van der Waals surface area contributed by atoms with E-state index in [2.05, 4.69) is 5.32 Å². The number of hydrogen-bond donors (Lipinski definition) is 1. The first-order valence-corrected chi connectivity index (χ1v) is 10.7. The average Bonchev–Trinajstić information content (AvgIpc) is 2.78. The van der Waals surface area contributed by atoms with Crippen molar-refractivity contribution in [3.05, 3.63) is 99.0 Å². The lowest BCUT2D eigenvalue weighted by molar-refractivity contribution is -0.122. The Balaban J connectivity index is 1.54. The number of hydrogen-bond acceptors (Lipinski definition) is 4. The molecule has 33 heavy (non-hydrogen) atoms. The van der Waals surface area contributed by atoms with Crippen LogP contribution in [0.5, 0.6) is 5.75 Å². The molecule has 0 spiro atoms. The average molecular weight is 481 g/mol. The minimum atomic E-state index is -0.812. The number of rotatable bonds is 5. The number of imide groups is 2. The van der Waals surface area contributed by atoms with Crippen molar-refractivity contribution in [1.82, 2.24) is 5.32 Å². The first-order chi connectivity index (χ1) is 15.8. The van der Waals surface area contributed by atoms with Crippen LogP contribution in [0.1, 0.15) is 16.7 Å². The summed E-state index contributed by atoms with van der Waals surface area (Å²) >= 11 is 12.1. The van der Waals surface area contributed by atoms with Gasteiger partial charge in [0, 0.05) is 15.6 Å². The van der Waals surface area contributed by atoms with Crippen LogP contribution in [-0.2, 0) is 16.2 Å². The number of ether oxygens (including phenoxy) is 1. The molecule has 3 aromatic carbocycles. The zero-order valence-electron chi connectivity index (χ0n) is 17.5. The summed E-state index contributed by atoms with van der Waals surface area (Å²) in [4.78, 5) is 38.7. The number of urea groups is 1. The molecular formula is C25H18Cl2N2O4. The van der Waals surface area contributed by atoms with Crippen molar-refractivity contribution < 1.29 is 19.1 Å². The summed E-state index contributed by atoms with van der Waals surface area (Å²) in [7, 11) is 0. The van der Waals surface area contributed by atoms with Gasteiger partial charge in [0.1, 0.15) is 17.9 Å². The van der Waals surface area contributed by atoms with Gasteiger partial charge in [0.2, 0.25) is 0 Å². The number of nitrogens with zero attached hydrogens (tertiary/aromatic N) is 1. The van der Waals surface area contributed by atoms with Gasteiger partial charge < -0.3 is 4.74 Å². The van der Waals surface area contributed by atoms with Crippen LogP contribution in [0.4, 0.5) is 10.5 Å². The lowest BCUT2D eigenvalue weighted by atomic mass is 10.0. The van der Waals surface area contributed by atoms with E-state index in [1.165, 1.54) is 6.08 Å². The monoisotopic (exact) mass is 480 g/mol. The van der Waals surface area contributed by atoms with Crippen LogP contribution in [0.3, 0.4) is 0 Å². The van der Waals surface area contributed by atoms with Crippen LogP contribution in [0, 0.1) is 6.92 Å². The van der Waals surface area contributed by atoms with Gasteiger partial charge in [0.25, 0.3) is 11.8 Å². The van der Waals surface area contributed by atoms with E-state index in [1.807, 2.05) is 25.1 Å². The molecule has 6 nitrogen and oxygen atoms in total. The lowest BCUT2D eigenvalue weighted by Crippen LogP contribution is -2.54. The summed E-state index contributed by atoms with van der Waals surface area (Å²) in [5.74, 6) is -0.917.